The van der Waals surface area contributed by atoms with Crippen LogP contribution in [0.25, 0.3) is 0 Å². The summed E-state index contributed by atoms with van der Waals surface area (Å²) in [4.78, 5) is 15.9. The number of nitrogens with zero attached hydrogens (tertiary/aromatic N) is 2. The van der Waals surface area contributed by atoms with Crippen LogP contribution in [0.3, 0.4) is 0 Å². The third-order valence-corrected chi connectivity index (χ3v) is 4.51. The lowest BCUT2D eigenvalue weighted by Crippen LogP contribution is -2.27. The van der Waals surface area contributed by atoms with Crippen LogP contribution < -0.4 is 15.5 Å². The number of amides is 1. The molecule has 1 unspecified atom stereocenters. The second-order valence-electron chi connectivity index (χ2n) is 5.65. The van der Waals surface area contributed by atoms with Crippen LogP contribution in [0.1, 0.15) is 17.2 Å². The monoisotopic (exact) mass is 279 g/mol. The van der Waals surface area contributed by atoms with E-state index in [-0.39, 0.29) is 5.91 Å². The highest BCUT2D eigenvalue weighted by Gasteiger charge is 2.33. The number of nitrogens with two attached hydrogens (primary N) is 1. The van der Waals surface area contributed by atoms with Gasteiger partial charge in [-0.25, -0.2) is 0 Å². The van der Waals surface area contributed by atoms with E-state index in [9.17, 15) is 4.79 Å². The van der Waals surface area contributed by atoms with E-state index in [0.717, 1.165) is 29.9 Å². The Morgan fingerprint density at radius 2 is 1.95 bits per heavy atom. The molecule has 0 aromatic heterocycles. The minimum absolute atomic E-state index is 0.0380. The van der Waals surface area contributed by atoms with Gasteiger partial charge in [-0.1, -0.05) is 24.3 Å². The molecule has 1 atom stereocenters. The third kappa shape index (κ3) is 1.69. The molecule has 0 saturated carbocycles. The fourth-order valence-electron chi connectivity index (χ4n) is 3.32. The van der Waals surface area contributed by atoms with Crippen molar-refractivity contribution < 1.29 is 4.79 Å². The van der Waals surface area contributed by atoms with Gasteiger partial charge in [-0.05, 0) is 30.2 Å². The predicted octanol–water partition coefficient (Wildman–Crippen LogP) is 2.36. The number of para-hydroxylation sites is 1. The maximum Gasteiger partial charge on any atom is 0.248 e. The Labute approximate surface area is 123 Å². The molecule has 2 aromatic rings. The van der Waals surface area contributed by atoms with Crippen LogP contribution in [0.15, 0.2) is 42.5 Å². The minimum Gasteiger partial charge on any atom is -0.341 e. The van der Waals surface area contributed by atoms with Crippen molar-refractivity contribution in [1.29, 1.82) is 0 Å². The van der Waals surface area contributed by atoms with Crippen LogP contribution >= 0.6 is 0 Å². The quantitative estimate of drug-likeness (QED) is 0.871. The summed E-state index contributed by atoms with van der Waals surface area (Å²) in [6, 6.07) is 14.1. The topological polar surface area (TPSA) is 49.6 Å². The summed E-state index contributed by atoms with van der Waals surface area (Å²) in [6.07, 6.45) is 1.06. The average Bonchev–Trinajstić information content (AvgIpc) is 3.04. The second kappa shape index (κ2) is 4.33. The number of fused-ring (bicyclic) bond motifs is 2. The number of benzene rings is 2. The molecule has 0 aliphatic carbocycles. The first kappa shape index (κ1) is 12.4. The molecule has 0 spiro atoms. The van der Waals surface area contributed by atoms with Gasteiger partial charge in [0.25, 0.3) is 0 Å². The highest BCUT2D eigenvalue weighted by atomic mass is 16.2. The number of likely N-dealkylation sites (N-methyl/N-ethyl adjacent to an activating group) is 1. The lowest BCUT2D eigenvalue weighted by atomic mass is 10.1. The van der Waals surface area contributed by atoms with Crippen LogP contribution in [0, 0.1) is 0 Å². The third-order valence-electron chi connectivity index (χ3n) is 4.51. The highest BCUT2D eigenvalue weighted by Crippen LogP contribution is 2.40. The molecule has 2 aliphatic heterocycles. The van der Waals surface area contributed by atoms with E-state index in [1.165, 1.54) is 11.3 Å². The second-order valence-corrected chi connectivity index (χ2v) is 5.65. The number of rotatable bonds is 1. The van der Waals surface area contributed by atoms with Crippen molar-refractivity contribution >= 4 is 23.0 Å². The zero-order chi connectivity index (χ0) is 14.6. The smallest absolute Gasteiger partial charge is 0.248 e. The van der Waals surface area contributed by atoms with E-state index >= 15 is 0 Å². The van der Waals surface area contributed by atoms with Crippen molar-refractivity contribution in [2.24, 2.45) is 5.73 Å². The molecule has 2 aromatic carbocycles. The van der Waals surface area contributed by atoms with Gasteiger partial charge in [-0.2, -0.15) is 0 Å². The summed E-state index contributed by atoms with van der Waals surface area (Å²) in [5.74, 6) is -0.0380. The first-order valence-corrected chi connectivity index (χ1v) is 7.19. The fraction of sp³-hybridized carbons (Fsp3) is 0.235. The van der Waals surface area contributed by atoms with Gasteiger partial charge >= 0.3 is 0 Å². The Kier molecular flexibility index (Phi) is 2.56. The lowest BCUT2D eigenvalue weighted by Gasteiger charge is -2.21. The maximum atomic E-state index is 12.0. The van der Waals surface area contributed by atoms with Crippen molar-refractivity contribution in [3.8, 4) is 0 Å². The maximum absolute atomic E-state index is 12.0. The van der Waals surface area contributed by atoms with Gasteiger partial charge in [-0.15, -0.1) is 0 Å². The van der Waals surface area contributed by atoms with Gasteiger partial charge in [0, 0.05) is 30.5 Å². The van der Waals surface area contributed by atoms with Crippen molar-refractivity contribution in [1.82, 2.24) is 0 Å². The van der Waals surface area contributed by atoms with Gasteiger partial charge in [-0.3, -0.25) is 4.79 Å². The largest absolute Gasteiger partial charge is 0.341 e. The number of carbonyl (C=O) groups is 1. The summed E-state index contributed by atoms with van der Waals surface area (Å²) in [7, 11) is 1.79. The van der Waals surface area contributed by atoms with Crippen LogP contribution in [-0.4, -0.2) is 19.5 Å². The van der Waals surface area contributed by atoms with Gasteiger partial charge < -0.3 is 15.5 Å². The van der Waals surface area contributed by atoms with E-state index in [1.807, 2.05) is 6.07 Å². The molecule has 0 fully saturated rings. The van der Waals surface area contributed by atoms with E-state index in [0.29, 0.717) is 0 Å². The molecule has 106 valence electrons. The number of hydrogen-bond donors (Lipinski definition) is 1. The van der Waals surface area contributed by atoms with E-state index in [1.54, 1.807) is 11.9 Å². The molecule has 4 heteroatoms. The average molecular weight is 279 g/mol. The van der Waals surface area contributed by atoms with Crippen molar-refractivity contribution in [2.75, 3.05) is 23.4 Å². The lowest BCUT2D eigenvalue weighted by molar-refractivity contribution is -0.118. The Morgan fingerprint density at radius 1 is 1.14 bits per heavy atom. The van der Waals surface area contributed by atoms with Crippen LogP contribution in [0.4, 0.5) is 17.1 Å². The summed E-state index contributed by atoms with van der Waals surface area (Å²) in [5.41, 5.74) is 11.5. The van der Waals surface area contributed by atoms with Crippen molar-refractivity contribution in [2.45, 2.75) is 12.5 Å². The van der Waals surface area contributed by atoms with Gasteiger partial charge in [0.05, 0.1) is 5.69 Å². The molecule has 2 heterocycles. The molecular weight excluding hydrogens is 262 g/mol. The van der Waals surface area contributed by atoms with E-state index in [4.69, 9.17) is 5.73 Å². The molecule has 21 heavy (non-hydrogen) atoms. The first-order valence-electron chi connectivity index (χ1n) is 7.19. The number of hydrogen-bond acceptors (Lipinski definition) is 3. The SMILES string of the molecule is CN1C(=O)C(N)c2ccc(N3CCc4ccccc43)cc21. The zero-order valence-electron chi connectivity index (χ0n) is 11.9. The van der Waals surface area contributed by atoms with Crippen LogP contribution in [0.2, 0.25) is 0 Å². The number of anilines is 3. The normalized spacial score (nSPS) is 19.9. The molecule has 2 N–H and O–H groups in total. The molecule has 0 bridgehead atoms. The molecule has 4 nitrogen and oxygen atoms in total. The fourth-order valence-corrected chi connectivity index (χ4v) is 3.32. The molecule has 2 aliphatic rings. The van der Waals surface area contributed by atoms with Gasteiger partial charge in [0.2, 0.25) is 5.91 Å². The van der Waals surface area contributed by atoms with Gasteiger partial charge in [0.1, 0.15) is 6.04 Å². The predicted molar refractivity (Wildman–Crippen MR) is 83.9 cm³/mol. The molecule has 0 radical (unpaired) electrons. The van der Waals surface area contributed by atoms with E-state index in [2.05, 4.69) is 41.3 Å². The zero-order valence-corrected chi connectivity index (χ0v) is 11.9. The highest BCUT2D eigenvalue weighted by molar-refractivity contribution is 6.04. The van der Waals surface area contributed by atoms with Crippen molar-refractivity contribution in [3.05, 3.63) is 53.6 Å². The van der Waals surface area contributed by atoms with Crippen LogP contribution in [0.5, 0.6) is 0 Å². The van der Waals surface area contributed by atoms with Crippen molar-refractivity contribution in [3.63, 3.8) is 0 Å². The Hall–Kier alpha value is -2.33. The minimum atomic E-state index is -0.523. The Balaban J connectivity index is 1.78. The molecule has 0 saturated heterocycles. The summed E-state index contributed by atoms with van der Waals surface area (Å²) < 4.78 is 0. The summed E-state index contributed by atoms with van der Waals surface area (Å²) in [5, 5.41) is 0. The molecule has 1 amide bonds. The molecular formula is C17H17N3O. The number of carbonyl (C=O) groups excluding carboxylic acids is 1. The Bertz CT molecular complexity index is 741. The summed E-state index contributed by atoms with van der Waals surface area (Å²) >= 11 is 0. The summed E-state index contributed by atoms with van der Waals surface area (Å²) in [6.45, 7) is 0.974. The molecule has 4 rings (SSSR count). The van der Waals surface area contributed by atoms with E-state index < -0.39 is 6.04 Å². The standard InChI is InChI=1S/C17H17N3O/c1-19-15-10-12(6-7-13(15)16(18)17(19)21)20-9-8-11-4-2-3-5-14(11)20/h2-7,10,16H,8-9,18H2,1H3. The van der Waals surface area contributed by atoms with Crippen LogP contribution in [-0.2, 0) is 11.2 Å². The van der Waals surface area contributed by atoms with Gasteiger partial charge in [0.15, 0.2) is 0 Å². The first-order chi connectivity index (χ1) is 10.2. The Morgan fingerprint density at radius 3 is 2.81 bits per heavy atom.